The van der Waals surface area contributed by atoms with Gasteiger partial charge in [-0.05, 0) is 0 Å². The molecule has 0 N–H and O–H groups in total. The maximum Gasteiger partial charge on any atom is 0.274 e. The van der Waals surface area contributed by atoms with Crippen molar-refractivity contribution in [3.63, 3.8) is 0 Å². The summed E-state index contributed by atoms with van der Waals surface area (Å²) in [5.41, 5.74) is 4.00. The lowest BCUT2D eigenvalue weighted by molar-refractivity contribution is 0.0757. The van der Waals surface area contributed by atoms with Crippen LogP contribution in [0.2, 0.25) is 5.02 Å². The van der Waals surface area contributed by atoms with Crippen molar-refractivity contribution in [2.75, 3.05) is 13.1 Å². The van der Waals surface area contributed by atoms with Crippen molar-refractivity contribution >= 4 is 34.5 Å². The van der Waals surface area contributed by atoms with Crippen molar-refractivity contribution < 1.29 is 4.79 Å². The topological polar surface area (TPSA) is 63.4 Å². The monoisotopic (exact) mass is 333 g/mol. The second-order valence-electron chi connectivity index (χ2n) is 5.12. The van der Waals surface area contributed by atoms with Crippen LogP contribution >= 0.6 is 22.9 Å². The van der Waals surface area contributed by atoms with E-state index in [1.807, 2.05) is 10.4 Å². The molecule has 22 heavy (non-hydrogen) atoms. The molecule has 3 aromatic rings. The molecule has 0 saturated heterocycles. The van der Waals surface area contributed by atoms with E-state index >= 15 is 0 Å². The highest BCUT2D eigenvalue weighted by molar-refractivity contribution is 7.09. The molecule has 0 atom stereocenters. The highest BCUT2D eigenvalue weighted by atomic mass is 35.5. The molecule has 0 radical (unpaired) electrons. The number of aromatic nitrogens is 4. The number of halogens is 1. The van der Waals surface area contributed by atoms with Gasteiger partial charge in [0.15, 0.2) is 11.3 Å². The normalized spacial score (nSPS) is 14.9. The van der Waals surface area contributed by atoms with Crippen molar-refractivity contribution in [3.05, 3.63) is 45.3 Å². The van der Waals surface area contributed by atoms with Crippen LogP contribution in [0.5, 0.6) is 0 Å². The van der Waals surface area contributed by atoms with E-state index in [4.69, 9.17) is 11.6 Å². The van der Waals surface area contributed by atoms with E-state index in [9.17, 15) is 4.79 Å². The Labute approximate surface area is 135 Å². The molecule has 8 heteroatoms. The minimum absolute atomic E-state index is 0.0724. The summed E-state index contributed by atoms with van der Waals surface area (Å²) in [7, 11) is 0. The maximum atomic E-state index is 12.7. The molecule has 0 spiro atoms. The fraction of sp³-hybridized carbons (Fsp3) is 0.286. The zero-order valence-corrected chi connectivity index (χ0v) is 13.1. The quantitative estimate of drug-likeness (QED) is 0.684. The first-order valence-corrected chi connectivity index (χ1v) is 8.18. The zero-order chi connectivity index (χ0) is 15.1. The van der Waals surface area contributed by atoms with Crippen LogP contribution in [0.4, 0.5) is 0 Å². The predicted octanol–water partition coefficient (Wildman–Crippen LogP) is 2.08. The van der Waals surface area contributed by atoms with Crippen LogP contribution in [0, 0.1) is 0 Å². The minimum Gasteiger partial charge on any atom is -0.336 e. The van der Waals surface area contributed by atoms with Gasteiger partial charge in [-0.15, -0.1) is 11.3 Å². The highest BCUT2D eigenvalue weighted by Crippen LogP contribution is 2.20. The number of rotatable bonds is 1. The van der Waals surface area contributed by atoms with Gasteiger partial charge in [0.05, 0.1) is 22.4 Å². The first-order valence-electron chi connectivity index (χ1n) is 6.92. The molecule has 112 valence electrons. The van der Waals surface area contributed by atoms with Crippen LogP contribution in [0.15, 0.2) is 24.0 Å². The lowest BCUT2D eigenvalue weighted by Crippen LogP contribution is -2.33. The van der Waals surface area contributed by atoms with Crippen LogP contribution in [0.1, 0.15) is 21.1 Å². The fourth-order valence-corrected chi connectivity index (χ4v) is 3.56. The molecular weight excluding hydrogens is 322 g/mol. The molecule has 1 aliphatic rings. The number of thiazole rings is 1. The average molecular weight is 334 g/mol. The Morgan fingerprint density at radius 3 is 3.05 bits per heavy atom. The molecule has 0 fully saturated rings. The van der Waals surface area contributed by atoms with E-state index in [-0.39, 0.29) is 5.91 Å². The second-order valence-corrected chi connectivity index (χ2v) is 6.49. The van der Waals surface area contributed by atoms with Crippen molar-refractivity contribution in [3.8, 4) is 0 Å². The van der Waals surface area contributed by atoms with Gasteiger partial charge >= 0.3 is 0 Å². The molecule has 1 aliphatic heterocycles. The number of nitrogens with zero attached hydrogens (tertiary/aromatic N) is 5. The summed E-state index contributed by atoms with van der Waals surface area (Å²) in [5.74, 6) is -0.0724. The van der Waals surface area contributed by atoms with E-state index in [0.717, 1.165) is 18.5 Å². The lowest BCUT2D eigenvalue weighted by Gasteiger charge is -2.18. The van der Waals surface area contributed by atoms with Crippen molar-refractivity contribution in [2.24, 2.45) is 0 Å². The number of fused-ring (bicyclic) bond motifs is 2. The molecule has 0 aliphatic carbocycles. The van der Waals surface area contributed by atoms with Crippen molar-refractivity contribution in [1.82, 2.24) is 24.5 Å². The van der Waals surface area contributed by atoms with Crippen LogP contribution < -0.4 is 0 Å². The molecule has 1 amide bonds. The fourth-order valence-electron chi connectivity index (χ4n) is 2.61. The Balaban J connectivity index is 1.59. The average Bonchev–Trinajstić information content (AvgIpc) is 3.08. The van der Waals surface area contributed by atoms with Crippen molar-refractivity contribution in [1.29, 1.82) is 0 Å². The molecule has 6 nitrogen and oxygen atoms in total. The van der Waals surface area contributed by atoms with Crippen LogP contribution in [0.25, 0.3) is 5.65 Å². The number of hydrogen-bond donors (Lipinski definition) is 0. The summed E-state index contributed by atoms with van der Waals surface area (Å²) in [6.07, 6.45) is 4.83. The van der Waals surface area contributed by atoms with Gasteiger partial charge in [0.25, 0.3) is 5.91 Å². The molecule has 0 bridgehead atoms. The Morgan fingerprint density at radius 2 is 2.14 bits per heavy atom. The lowest BCUT2D eigenvalue weighted by atomic mass is 10.2. The smallest absolute Gasteiger partial charge is 0.274 e. The third-order valence-electron chi connectivity index (χ3n) is 3.74. The Kier molecular flexibility index (Phi) is 3.31. The van der Waals surface area contributed by atoms with Gasteiger partial charge in [0.2, 0.25) is 0 Å². The van der Waals surface area contributed by atoms with Crippen LogP contribution in [0.3, 0.4) is 0 Å². The summed E-state index contributed by atoms with van der Waals surface area (Å²) < 4.78 is 1.53. The molecule has 0 aromatic carbocycles. The summed E-state index contributed by atoms with van der Waals surface area (Å²) in [6, 6.07) is 1.69. The standard InChI is InChI=1S/C14H12ClN5OS/c15-9-6-16-13-5-11(18-20(13)7-9)14(21)19-3-1-10-12(2-4-19)22-8-17-10/h5-8H,1-4H2. The number of carbonyl (C=O) groups excluding carboxylic acids is 1. The first-order chi connectivity index (χ1) is 10.7. The largest absolute Gasteiger partial charge is 0.336 e. The molecule has 0 saturated carbocycles. The highest BCUT2D eigenvalue weighted by Gasteiger charge is 2.23. The number of hydrogen-bond acceptors (Lipinski definition) is 5. The van der Waals surface area contributed by atoms with E-state index in [0.29, 0.717) is 29.5 Å². The van der Waals surface area contributed by atoms with Gasteiger partial charge in [-0.1, -0.05) is 11.6 Å². The Bertz CT molecular complexity index is 835. The van der Waals surface area contributed by atoms with Gasteiger partial charge in [-0.2, -0.15) is 5.10 Å². The molecule has 4 rings (SSSR count). The number of amides is 1. The maximum absolute atomic E-state index is 12.7. The molecule has 0 unspecified atom stereocenters. The summed E-state index contributed by atoms with van der Waals surface area (Å²) in [5, 5.41) is 4.77. The van der Waals surface area contributed by atoms with Crippen LogP contribution in [-0.4, -0.2) is 43.5 Å². The van der Waals surface area contributed by atoms with Gasteiger partial charge in [0.1, 0.15) is 0 Å². The van der Waals surface area contributed by atoms with Crippen molar-refractivity contribution in [2.45, 2.75) is 12.8 Å². The predicted molar refractivity (Wildman–Crippen MR) is 83.4 cm³/mol. The summed E-state index contributed by atoms with van der Waals surface area (Å²) in [4.78, 5) is 24.3. The number of carbonyl (C=O) groups is 1. The first kappa shape index (κ1) is 13.7. The van der Waals surface area contributed by atoms with Gasteiger partial charge in [-0.3, -0.25) is 4.79 Å². The molecule has 4 heterocycles. The SMILES string of the molecule is O=C(c1cc2ncc(Cl)cn2n1)N1CCc2ncsc2CC1. The van der Waals surface area contributed by atoms with E-state index < -0.39 is 0 Å². The summed E-state index contributed by atoms with van der Waals surface area (Å²) in [6.45, 7) is 1.35. The third-order valence-corrected chi connectivity index (χ3v) is 4.87. The summed E-state index contributed by atoms with van der Waals surface area (Å²) >= 11 is 7.55. The molecule has 3 aromatic heterocycles. The third kappa shape index (κ3) is 2.36. The van der Waals surface area contributed by atoms with E-state index in [2.05, 4.69) is 15.1 Å². The molecular formula is C14H12ClN5OS. The Morgan fingerprint density at radius 1 is 1.27 bits per heavy atom. The minimum atomic E-state index is -0.0724. The van der Waals surface area contributed by atoms with Gasteiger partial charge in [0, 0.05) is 43.1 Å². The van der Waals surface area contributed by atoms with Gasteiger partial charge < -0.3 is 4.90 Å². The van der Waals surface area contributed by atoms with E-state index in [1.165, 1.54) is 9.39 Å². The van der Waals surface area contributed by atoms with E-state index in [1.54, 1.807) is 29.8 Å². The Hall–Kier alpha value is -1.99. The zero-order valence-electron chi connectivity index (χ0n) is 11.6. The second kappa shape index (κ2) is 5.33. The van der Waals surface area contributed by atoms with Gasteiger partial charge in [-0.25, -0.2) is 14.5 Å². The van der Waals surface area contributed by atoms with Crippen LogP contribution in [-0.2, 0) is 12.8 Å².